The molecule has 2 N–H and O–H groups in total. The van der Waals surface area contributed by atoms with Gasteiger partial charge >= 0.3 is 5.97 Å². The Morgan fingerprint density at radius 1 is 1.44 bits per heavy atom. The van der Waals surface area contributed by atoms with Crippen molar-refractivity contribution in [1.82, 2.24) is 0 Å². The van der Waals surface area contributed by atoms with Crippen molar-refractivity contribution >= 4 is 5.97 Å². The molecule has 0 spiro atoms. The fraction of sp³-hybridized carbons (Fsp3) is 0.500. The number of aliphatic carboxylic acids is 1. The maximum atomic E-state index is 11.0. The summed E-state index contributed by atoms with van der Waals surface area (Å²) in [6, 6.07) is 5.64. The Morgan fingerprint density at radius 3 is 2.50 bits per heavy atom. The molecule has 0 aliphatic heterocycles. The van der Waals surface area contributed by atoms with Crippen molar-refractivity contribution < 1.29 is 19.7 Å². The number of aliphatic hydroxyl groups is 1. The summed E-state index contributed by atoms with van der Waals surface area (Å²) in [5, 5.41) is 18.8. The molecular formula is C14H20O4. The largest absolute Gasteiger partial charge is 0.496 e. The number of carboxylic acids is 1. The van der Waals surface area contributed by atoms with E-state index >= 15 is 0 Å². The first-order valence-corrected chi connectivity index (χ1v) is 5.90. The molecule has 1 atom stereocenters. The van der Waals surface area contributed by atoms with Gasteiger partial charge in [-0.2, -0.15) is 0 Å². The number of methoxy groups -OCH3 is 1. The second-order valence-corrected chi connectivity index (χ2v) is 4.98. The first-order chi connectivity index (χ1) is 8.27. The lowest BCUT2D eigenvalue weighted by atomic mass is 9.92. The molecule has 0 fully saturated rings. The Balaban J connectivity index is 3.13. The van der Waals surface area contributed by atoms with Crippen LogP contribution in [0.5, 0.6) is 5.75 Å². The lowest BCUT2D eigenvalue weighted by Crippen LogP contribution is -2.37. The molecule has 0 saturated heterocycles. The number of hydrogen-bond acceptors (Lipinski definition) is 3. The Labute approximate surface area is 107 Å². The van der Waals surface area contributed by atoms with E-state index in [1.807, 2.05) is 18.2 Å². The number of rotatable bonds is 5. The molecule has 1 rings (SSSR count). The van der Waals surface area contributed by atoms with Crippen molar-refractivity contribution in [2.45, 2.75) is 38.7 Å². The average molecular weight is 252 g/mol. The van der Waals surface area contributed by atoms with E-state index in [4.69, 9.17) is 9.84 Å². The van der Waals surface area contributed by atoms with E-state index in [0.717, 1.165) is 5.56 Å². The van der Waals surface area contributed by atoms with Gasteiger partial charge in [0.15, 0.2) is 5.60 Å². The Bertz CT molecular complexity index is 435. The van der Waals surface area contributed by atoms with Gasteiger partial charge in [-0.05, 0) is 30.0 Å². The Morgan fingerprint density at radius 2 is 2.06 bits per heavy atom. The third-order valence-corrected chi connectivity index (χ3v) is 2.97. The van der Waals surface area contributed by atoms with Crippen LogP contribution in [-0.2, 0) is 11.2 Å². The van der Waals surface area contributed by atoms with Crippen LogP contribution in [-0.4, -0.2) is 28.9 Å². The van der Waals surface area contributed by atoms with Crippen molar-refractivity contribution in [3.8, 4) is 5.75 Å². The summed E-state index contributed by atoms with van der Waals surface area (Å²) in [4.78, 5) is 11.0. The molecule has 0 bridgehead atoms. The van der Waals surface area contributed by atoms with Gasteiger partial charge in [-0.25, -0.2) is 4.79 Å². The zero-order valence-electron chi connectivity index (χ0n) is 11.2. The predicted molar refractivity (Wildman–Crippen MR) is 69.0 cm³/mol. The summed E-state index contributed by atoms with van der Waals surface area (Å²) in [5.41, 5.74) is 0.00572. The number of ether oxygens (including phenoxy) is 1. The maximum Gasteiger partial charge on any atom is 0.335 e. The molecule has 1 aromatic rings. The normalized spacial score (nSPS) is 14.3. The number of hydrogen-bond donors (Lipinski definition) is 2. The fourth-order valence-corrected chi connectivity index (χ4v) is 1.74. The number of benzene rings is 1. The highest BCUT2D eigenvalue weighted by Gasteiger charge is 2.31. The highest BCUT2D eigenvalue weighted by molar-refractivity contribution is 5.77. The highest BCUT2D eigenvalue weighted by Crippen LogP contribution is 2.27. The van der Waals surface area contributed by atoms with Crippen LogP contribution in [0.25, 0.3) is 0 Å². The molecule has 0 saturated carbocycles. The Hall–Kier alpha value is -1.55. The second-order valence-electron chi connectivity index (χ2n) is 4.98. The minimum absolute atomic E-state index is 0.0199. The first-order valence-electron chi connectivity index (χ1n) is 5.90. The monoisotopic (exact) mass is 252 g/mol. The van der Waals surface area contributed by atoms with Crippen LogP contribution in [0.2, 0.25) is 0 Å². The van der Waals surface area contributed by atoms with Crippen molar-refractivity contribution in [1.29, 1.82) is 0 Å². The SMILES string of the molecule is COc1ccc(C(C)C)cc1CC(C)(O)C(=O)O. The predicted octanol–water partition coefficient (Wildman–Crippen LogP) is 2.20. The van der Waals surface area contributed by atoms with Crippen molar-refractivity contribution in [3.63, 3.8) is 0 Å². The van der Waals surface area contributed by atoms with E-state index in [0.29, 0.717) is 17.2 Å². The van der Waals surface area contributed by atoms with Gasteiger partial charge in [-0.15, -0.1) is 0 Å². The van der Waals surface area contributed by atoms with Crippen LogP contribution in [0.15, 0.2) is 18.2 Å². The molecule has 0 amide bonds. The van der Waals surface area contributed by atoms with Gasteiger partial charge in [0.1, 0.15) is 5.75 Å². The standard InChI is InChI=1S/C14H20O4/c1-9(2)10-5-6-12(18-4)11(7-10)8-14(3,17)13(15)16/h5-7,9,17H,8H2,1-4H3,(H,15,16). The molecule has 0 aliphatic rings. The number of carboxylic acid groups (broad SMARTS) is 1. The summed E-state index contributed by atoms with van der Waals surface area (Å²) >= 11 is 0. The Kier molecular flexibility index (Phi) is 4.35. The quantitative estimate of drug-likeness (QED) is 0.843. The minimum atomic E-state index is -1.79. The lowest BCUT2D eigenvalue weighted by Gasteiger charge is -2.20. The van der Waals surface area contributed by atoms with Gasteiger partial charge in [0.25, 0.3) is 0 Å². The van der Waals surface area contributed by atoms with Crippen LogP contribution in [0.4, 0.5) is 0 Å². The minimum Gasteiger partial charge on any atom is -0.496 e. The van der Waals surface area contributed by atoms with Crippen molar-refractivity contribution in [2.75, 3.05) is 7.11 Å². The van der Waals surface area contributed by atoms with E-state index in [1.165, 1.54) is 14.0 Å². The van der Waals surface area contributed by atoms with Gasteiger partial charge in [0.2, 0.25) is 0 Å². The van der Waals surface area contributed by atoms with Crippen LogP contribution in [0.1, 0.15) is 37.8 Å². The molecule has 1 unspecified atom stereocenters. The zero-order valence-corrected chi connectivity index (χ0v) is 11.2. The average Bonchev–Trinajstić information content (AvgIpc) is 2.28. The van der Waals surface area contributed by atoms with Gasteiger partial charge in [-0.1, -0.05) is 26.0 Å². The van der Waals surface area contributed by atoms with E-state index in [2.05, 4.69) is 13.8 Å². The molecule has 0 heterocycles. The fourth-order valence-electron chi connectivity index (χ4n) is 1.74. The third-order valence-electron chi connectivity index (χ3n) is 2.97. The van der Waals surface area contributed by atoms with E-state index in [1.54, 1.807) is 0 Å². The maximum absolute atomic E-state index is 11.0. The summed E-state index contributed by atoms with van der Waals surface area (Å²) < 4.78 is 5.20. The molecule has 0 aliphatic carbocycles. The van der Waals surface area contributed by atoms with Crippen molar-refractivity contribution in [3.05, 3.63) is 29.3 Å². The summed E-state index contributed by atoms with van der Waals surface area (Å²) in [5.74, 6) is -0.301. The van der Waals surface area contributed by atoms with E-state index in [9.17, 15) is 9.90 Å². The van der Waals surface area contributed by atoms with E-state index in [-0.39, 0.29) is 6.42 Å². The van der Waals surface area contributed by atoms with Crippen LogP contribution < -0.4 is 4.74 Å². The van der Waals surface area contributed by atoms with Crippen LogP contribution in [0, 0.1) is 0 Å². The summed E-state index contributed by atoms with van der Waals surface area (Å²) in [6.07, 6.45) is 0.0199. The molecule has 0 radical (unpaired) electrons. The van der Waals surface area contributed by atoms with E-state index < -0.39 is 11.6 Å². The molecule has 4 heteroatoms. The molecule has 100 valence electrons. The first kappa shape index (κ1) is 14.5. The molecular weight excluding hydrogens is 232 g/mol. The lowest BCUT2D eigenvalue weighted by molar-refractivity contribution is -0.156. The van der Waals surface area contributed by atoms with Crippen molar-refractivity contribution in [2.24, 2.45) is 0 Å². The van der Waals surface area contributed by atoms with Gasteiger partial charge in [0, 0.05) is 6.42 Å². The molecule has 1 aromatic carbocycles. The third kappa shape index (κ3) is 3.23. The zero-order chi connectivity index (χ0) is 13.9. The number of carbonyl (C=O) groups is 1. The van der Waals surface area contributed by atoms with Crippen LogP contribution in [0.3, 0.4) is 0 Å². The molecule has 4 nitrogen and oxygen atoms in total. The van der Waals surface area contributed by atoms with Gasteiger partial charge < -0.3 is 14.9 Å². The smallest absolute Gasteiger partial charge is 0.335 e. The molecule has 18 heavy (non-hydrogen) atoms. The summed E-state index contributed by atoms with van der Waals surface area (Å²) in [6.45, 7) is 5.40. The van der Waals surface area contributed by atoms with Gasteiger partial charge in [0.05, 0.1) is 7.11 Å². The summed E-state index contributed by atoms with van der Waals surface area (Å²) in [7, 11) is 1.53. The highest BCUT2D eigenvalue weighted by atomic mass is 16.5. The van der Waals surface area contributed by atoms with Gasteiger partial charge in [-0.3, -0.25) is 0 Å². The topological polar surface area (TPSA) is 66.8 Å². The molecule has 0 aromatic heterocycles. The van der Waals surface area contributed by atoms with Crippen LogP contribution >= 0.6 is 0 Å². The second kappa shape index (κ2) is 5.40.